The van der Waals surface area contributed by atoms with E-state index in [9.17, 15) is 15.0 Å². The van der Waals surface area contributed by atoms with Gasteiger partial charge in [0.05, 0.1) is 6.61 Å². The summed E-state index contributed by atoms with van der Waals surface area (Å²) in [4.78, 5) is 17.0. The normalized spacial score (nSPS) is 13.9. The minimum absolute atomic E-state index is 0. The monoisotopic (exact) mass is 523 g/mol. The van der Waals surface area contributed by atoms with Crippen molar-refractivity contribution in [3.05, 3.63) is 77.9 Å². The highest BCUT2D eigenvalue weighted by Crippen LogP contribution is 2.41. The molecule has 5 nitrogen and oxygen atoms in total. The molecule has 1 saturated heterocycles. The van der Waals surface area contributed by atoms with Gasteiger partial charge in [0.15, 0.2) is 5.78 Å². The molecule has 1 aliphatic rings. The highest BCUT2D eigenvalue weighted by Gasteiger charge is 2.22. The molecule has 0 spiro atoms. The summed E-state index contributed by atoms with van der Waals surface area (Å²) >= 11 is 1.46. The third-order valence-corrected chi connectivity index (χ3v) is 7.68. The van der Waals surface area contributed by atoms with E-state index < -0.39 is 0 Å². The van der Waals surface area contributed by atoms with Crippen LogP contribution >= 0.6 is 23.7 Å². The van der Waals surface area contributed by atoms with E-state index in [0.29, 0.717) is 17.7 Å². The van der Waals surface area contributed by atoms with Gasteiger partial charge >= 0.3 is 0 Å². The van der Waals surface area contributed by atoms with Crippen LogP contribution in [0.15, 0.2) is 66.7 Å². The second-order valence-corrected chi connectivity index (χ2v) is 10.0. The van der Waals surface area contributed by atoms with Gasteiger partial charge in [-0.3, -0.25) is 4.79 Å². The average Bonchev–Trinajstić information content (AvgIpc) is 3.26. The largest absolute Gasteiger partial charge is 0.508 e. The van der Waals surface area contributed by atoms with Gasteiger partial charge in [-0.15, -0.1) is 23.7 Å². The maximum atomic E-state index is 13.7. The van der Waals surface area contributed by atoms with Crippen LogP contribution in [-0.4, -0.2) is 47.1 Å². The van der Waals surface area contributed by atoms with Crippen LogP contribution in [0.3, 0.4) is 0 Å². The number of ketones is 1. The van der Waals surface area contributed by atoms with Crippen LogP contribution in [0.25, 0.3) is 20.5 Å². The van der Waals surface area contributed by atoms with E-state index in [2.05, 4.69) is 4.90 Å². The molecular weight excluding hydrogens is 494 g/mol. The first-order chi connectivity index (χ1) is 17.1. The summed E-state index contributed by atoms with van der Waals surface area (Å²) in [5.41, 5.74) is 2.03. The molecule has 1 aliphatic heterocycles. The Labute approximate surface area is 221 Å². The predicted molar refractivity (Wildman–Crippen MR) is 148 cm³/mol. The predicted octanol–water partition coefficient (Wildman–Crippen LogP) is 6.89. The molecule has 0 radical (unpaired) electrons. The van der Waals surface area contributed by atoms with Crippen LogP contribution in [0.4, 0.5) is 0 Å². The third kappa shape index (κ3) is 5.84. The molecule has 0 bridgehead atoms. The second-order valence-electron chi connectivity index (χ2n) is 8.99. The van der Waals surface area contributed by atoms with Crippen molar-refractivity contribution in [2.45, 2.75) is 25.7 Å². The molecule has 0 saturated carbocycles. The van der Waals surface area contributed by atoms with Crippen molar-refractivity contribution >= 4 is 39.6 Å². The number of phenolic OH excluding ortho intramolecular Hbond substituents is 2. The van der Waals surface area contributed by atoms with E-state index in [1.54, 1.807) is 42.5 Å². The SMILES string of the molecule is Cl.O=C(c1ccc(OCCCN2CCCCC2)cc1)c1c(-c2ccc(O)cc2)sc2cc(O)ccc12. The van der Waals surface area contributed by atoms with Gasteiger partial charge in [-0.05, 0) is 105 Å². The fraction of sp³-hybridized carbons (Fsp3) is 0.276. The summed E-state index contributed by atoms with van der Waals surface area (Å²) < 4.78 is 6.76. The smallest absolute Gasteiger partial charge is 0.195 e. The Bertz CT molecular complexity index is 1310. The lowest BCUT2D eigenvalue weighted by atomic mass is 9.97. The Hall–Kier alpha value is -3.06. The molecule has 36 heavy (non-hydrogen) atoms. The van der Waals surface area contributed by atoms with Crippen LogP contribution in [0.1, 0.15) is 41.6 Å². The minimum atomic E-state index is -0.0818. The number of hydrogen-bond acceptors (Lipinski definition) is 6. The number of carbonyl (C=O) groups is 1. The molecule has 1 aromatic heterocycles. The van der Waals surface area contributed by atoms with Crippen molar-refractivity contribution in [3.63, 3.8) is 0 Å². The molecular formula is C29H30ClNO4S. The quantitative estimate of drug-likeness (QED) is 0.194. The van der Waals surface area contributed by atoms with E-state index in [1.165, 1.54) is 43.7 Å². The summed E-state index contributed by atoms with van der Waals surface area (Å²) in [6, 6.07) is 19.2. The number of phenols is 2. The summed E-state index contributed by atoms with van der Waals surface area (Å²) in [7, 11) is 0. The molecule has 0 aliphatic carbocycles. The number of piperidine rings is 1. The summed E-state index contributed by atoms with van der Waals surface area (Å²) in [5.74, 6) is 1.02. The van der Waals surface area contributed by atoms with Gasteiger partial charge in [0, 0.05) is 32.6 Å². The molecule has 7 heteroatoms. The number of hydrogen-bond donors (Lipinski definition) is 2. The molecule has 1 fully saturated rings. The van der Waals surface area contributed by atoms with Crippen LogP contribution in [0.2, 0.25) is 0 Å². The highest BCUT2D eigenvalue weighted by atomic mass is 35.5. The van der Waals surface area contributed by atoms with E-state index in [1.807, 2.05) is 24.3 Å². The molecule has 5 rings (SSSR count). The Morgan fingerprint density at radius 3 is 2.31 bits per heavy atom. The molecule has 2 N–H and O–H groups in total. The van der Waals surface area contributed by atoms with Gasteiger partial charge in [-0.25, -0.2) is 0 Å². The number of halogens is 1. The molecule has 4 aromatic rings. The molecule has 2 heterocycles. The second kappa shape index (κ2) is 11.8. The Balaban J connectivity index is 0.00000304. The first-order valence-electron chi connectivity index (χ1n) is 12.1. The van der Waals surface area contributed by atoms with Gasteiger partial charge in [-0.1, -0.05) is 6.42 Å². The first-order valence-corrected chi connectivity index (χ1v) is 12.9. The summed E-state index contributed by atoms with van der Waals surface area (Å²) in [5, 5.41) is 20.5. The topological polar surface area (TPSA) is 70.0 Å². The van der Waals surface area contributed by atoms with Gasteiger partial charge in [0.1, 0.15) is 17.2 Å². The number of likely N-dealkylation sites (tertiary alicyclic amines) is 1. The molecule has 0 atom stereocenters. The van der Waals surface area contributed by atoms with E-state index in [-0.39, 0.29) is 29.7 Å². The molecule has 3 aromatic carbocycles. The lowest BCUT2D eigenvalue weighted by Crippen LogP contribution is -2.31. The number of ether oxygens (including phenoxy) is 1. The van der Waals surface area contributed by atoms with Crippen LogP contribution in [-0.2, 0) is 0 Å². The number of thiophene rings is 1. The van der Waals surface area contributed by atoms with Crippen molar-refractivity contribution < 1.29 is 19.7 Å². The number of carbonyl (C=O) groups excluding carboxylic acids is 1. The zero-order chi connectivity index (χ0) is 24.2. The zero-order valence-corrected chi connectivity index (χ0v) is 21.6. The summed E-state index contributed by atoms with van der Waals surface area (Å²) in [6.07, 6.45) is 4.93. The number of fused-ring (bicyclic) bond motifs is 1. The van der Waals surface area contributed by atoms with E-state index in [0.717, 1.165) is 39.2 Å². The number of nitrogens with zero attached hydrogens (tertiary/aromatic N) is 1. The fourth-order valence-electron chi connectivity index (χ4n) is 4.63. The Kier molecular flexibility index (Phi) is 8.52. The first kappa shape index (κ1) is 26.0. The van der Waals surface area contributed by atoms with Crippen molar-refractivity contribution in [3.8, 4) is 27.7 Å². The zero-order valence-electron chi connectivity index (χ0n) is 20.0. The maximum Gasteiger partial charge on any atom is 0.195 e. The van der Waals surface area contributed by atoms with Crippen molar-refractivity contribution in [2.75, 3.05) is 26.2 Å². The standard InChI is InChI=1S/C29H29NO4S.ClH/c31-22-9-5-21(6-10-22)29-27(25-14-11-23(32)19-26(25)35-29)28(33)20-7-12-24(13-8-20)34-18-4-17-30-15-2-1-3-16-30;/h5-14,19,31-32H,1-4,15-18H2;1H. The van der Waals surface area contributed by atoms with Crippen molar-refractivity contribution in [2.24, 2.45) is 0 Å². The van der Waals surface area contributed by atoms with Gasteiger partial charge in [0.25, 0.3) is 0 Å². The fourth-order valence-corrected chi connectivity index (χ4v) is 5.87. The van der Waals surface area contributed by atoms with Crippen LogP contribution < -0.4 is 4.74 Å². The average molecular weight is 524 g/mol. The molecule has 0 unspecified atom stereocenters. The lowest BCUT2D eigenvalue weighted by Gasteiger charge is -2.26. The summed E-state index contributed by atoms with van der Waals surface area (Å²) in [6.45, 7) is 4.12. The lowest BCUT2D eigenvalue weighted by molar-refractivity contribution is 0.104. The van der Waals surface area contributed by atoms with E-state index >= 15 is 0 Å². The number of benzene rings is 3. The van der Waals surface area contributed by atoms with Gasteiger partial charge in [-0.2, -0.15) is 0 Å². The number of aromatic hydroxyl groups is 2. The maximum absolute atomic E-state index is 13.7. The van der Waals surface area contributed by atoms with Crippen LogP contribution in [0.5, 0.6) is 17.2 Å². The van der Waals surface area contributed by atoms with Crippen molar-refractivity contribution in [1.82, 2.24) is 4.90 Å². The van der Waals surface area contributed by atoms with E-state index in [4.69, 9.17) is 4.74 Å². The minimum Gasteiger partial charge on any atom is -0.508 e. The van der Waals surface area contributed by atoms with Gasteiger partial charge < -0.3 is 19.8 Å². The van der Waals surface area contributed by atoms with Crippen molar-refractivity contribution in [1.29, 1.82) is 0 Å². The third-order valence-electron chi connectivity index (χ3n) is 6.48. The van der Waals surface area contributed by atoms with Crippen LogP contribution in [0, 0.1) is 0 Å². The number of rotatable bonds is 8. The Morgan fingerprint density at radius 2 is 1.58 bits per heavy atom. The highest BCUT2D eigenvalue weighted by molar-refractivity contribution is 7.22. The van der Waals surface area contributed by atoms with Gasteiger partial charge in [0.2, 0.25) is 0 Å². The Morgan fingerprint density at radius 1 is 0.889 bits per heavy atom. The molecule has 188 valence electrons. The molecule has 0 amide bonds.